The maximum absolute atomic E-state index is 10.9. The van der Waals surface area contributed by atoms with Crippen LogP contribution in [0.2, 0.25) is 0 Å². The molecule has 0 atom stereocenters. The molecule has 0 unspecified atom stereocenters. The van der Waals surface area contributed by atoms with Gasteiger partial charge in [-0.15, -0.1) is 0 Å². The molecule has 0 heterocycles. The van der Waals surface area contributed by atoms with Gasteiger partial charge in [0.1, 0.15) is 23.0 Å². The standard InChI is InChI=1S/C31H38Br2O4/c1-35-31-23-28(24-10-14-26(15-11-24)36-20-8-4-2-6-18-32)30(34)22-29(31)25-12-16-27(17-13-25)37-21-9-5-3-7-19-33/h10-17,22-23,34H,2-9,18-21H2,1H3. The number of ether oxygens (including phenoxy) is 3. The molecule has 200 valence electrons. The van der Waals surface area contributed by atoms with E-state index in [1.807, 2.05) is 54.6 Å². The molecule has 0 aromatic heterocycles. The van der Waals surface area contributed by atoms with Crippen LogP contribution in [0.3, 0.4) is 0 Å². The molecule has 0 radical (unpaired) electrons. The van der Waals surface area contributed by atoms with Crippen molar-refractivity contribution in [2.24, 2.45) is 0 Å². The van der Waals surface area contributed by atoms with Crippen molar-refractivity contribution < 1.29 is 19.3 Å². The molecule has 0 aliphatic carbocycles. The van der Waals surface area contributed by atoms with Crippen LogP contribution in [-0.4, -0.2) is 36.1 Å². The fourth-order valence-electron chi connectivity index (χ4n) is 4.14. The highest BCUT2D eigenvalue weighted by Gasteiger charge is 2.14. The molecule has 0 aliphatic heterocycles. The van der Waals surface area contributed by atoms with Gasteiger partial charge in [0.2, 0.25) is 0 Å². The fraction of sp³-hybridized carbons (Fsp3) is 0.419. The largest absolute Gasteiger partial charge is 0.507 e. The van der Waals surface area contributed by atoms with Gasteiger partial charge in [0.15, 0.2) is 0 Å². The number of rotatable bonds is 17. The van der Waals surface area contributed by atoms with Gasteiger partial charge in [-0.2, -0.15) is 0 Å². The quantitative estimate of drug-likeness (QED) is 0.119. The lowest BCUT2D eigenvalue weighted by atomic mass is 9.98. The highest BCUT2D eigenvalue weighted by Crippen LogP contribution is 2.41. The van der Waals surface area contributed by atoms with Gasteiger partial charge >= 0.3 is 0 Å². The van der Waals surface area contributed by atoms with Crippen molar-refractivity contribution in [2.75, 3.05) is 31.0 Å². The molecule has 3 rings (SSSR count). The van der Waals surface area contributed by atoms with Crippen molar-refractivity contribution in [3.05, 3.63) is 60.7 Å². The van der Waals surface area contributed by atoms with Gasteiger partial charge in [-0.05, 0) is 73.2 Å². The summed E-state index contributed by atoms with van der Waals surface area (Å²) in [6.45, 7) is 1.44. The van der Waals surface area contributed by atoms with Crippen LogP contribution in [0.15, 0.2) is 60.7 Å². The Morgan fingerprint density at radius 1 is 0.595 bits per heavy atom. The third-order valence-electron chi connectivity index (χ3n) is 6.24. The first-order chi connectivity index (χ1) is 18.2. The van der Waals surface area contributed by atoms with Crippen molar-refractivity contribution in [2.45, 2.75) is 51.4 Å². The van der Waals surface area contributed by atoms with Crippen LogP contribution in [0.5, 0.6) is 23.0 Å². The second kappa shape index (κ2) is 16.6. The molecule has 37 heavy (non-hydrogen) atoms. The van der Waals surface area contributed by atoms with Crippen LogP contribution in [0, 0.1) is 0 Å². The predicted molar refractivity (Wildman–Crippen MR) is 161 cm³/mol. The predicted octanol–water partition coefficient (Wildman–Crippen LogP) is 9.40. The first-order valence-electron chi connectivity index (χ1n) is 13.2. The summed E-state index contributed by atoms with van der Waals surface area (Å²) in [6.07, 6.45) is 9.33. The van der Waals surface area contributed by atoms with Gasteiger partial charge in [-0.1, -0.05) is 81.8 Å². The normalized spacial score (nSPS) is 10.9. The van der Waals surface area contributed by atoms with Gasteiger partial charge in [0, 0.05) is 21.8 Å². The third-order valence-corrected chi connectivity index (χ3v) is 7.36. The zero-order chi connectivity index (χ0) is 26.3. The van der Waals surface area contributed by atoms with Gasteiger partial charge in [0.05, 0.1) is 20.3 Å². The van der Waals surface area contributed by atoms with Crippen molar-refractivity contribution >= 4 is 31.9 Å². The van der Waals surface area contributed by atoms with E-state index in [1.54, 1.807) is 13.2 Å². The number of halogens is 2. The molecule has 6 heteroatoms. The zero-order valence-corrected chi connectivity index (χ0v) is 24.9. The average molecular weight is 634 g/mol. The Balaban J connectivity index is 1.62. The second-order valence-electron chi connectivity index (χ2n) is 9.02. The first-order valence-corrected chi connectivity index (χ1v) is 15.4. The molecule has 3 aromatic rings. The van der Waals surface area contributed by atoms with E-state index in [-0.39, 0.29) is 5.75 Å². The van der Waals surface area contributed by atoms with Crippen LogP contribution in [0.4, 0.5) is 0 Å². The number of aromatic hydroxyl groups is 1. The minimum atomic E-state index is 0.208. The summed E-state index contributed by atoms with van der Waals surface area (Å²) in [5.74, 6) is 2.61. The van der Waals surface area contributed by atoms with E-state index in [9.17, 15) is 5.11 Å². The summed E-state index contributed by atoms with van der Waals surface area (Å²) in [6, 6.07) is 19.5. The van der Waals surface area contributed by atoms with Gasteiger partial charge in [-0.25, -0.2) is 0 Å². The number of benzene rings is 3. The number of hydrogen-bond acceptors (Lipinski definition) is 4. The summed E-state index contributed by atoms with van der Waals surface area (Å²) in [5.41, 5.74) is 3.43. The summed E-state index contributed by atoms with van der Waals surface area (Å²) >= 11 is 6.93. The van der Waals surface area contributed by atoms with Gasteiger partial charge in [0.25, 0.3) is 0 Å². The molecule has 1 N–H and O–H groups in total. The Hall–Kier alpha value is -2.18. The van der Waals surface area contributed by atoms with Crippen LogP contribution in [0.25, 0.3) is 22.3 Å². The molecule has 4 nitrogen and oxygen atoms in total. The molecule has 0 saturated heterocycles. The minimum Gasteiger partial charge on any atom is -0.507 e. The Bertz CT molecular complexity index is 1050. The zero-order valence-electron chi connectivity index (χ0n) is 21.7. The second-order valence-corrected chi connectivity index (χ2v) is 10.6. The number of unbranched alkanes of at least 4 members (excludes halogenated alkanes) is 6. The molecule has 0 saturated carbocycles. The Morgan fingerprint density at radius 2 is 1.05 bits per heavy atom. The van der Waals surface area contributed by atoms with Crippen molar-refractivity contribution in [1.82, 2.24) is 0 Å². The molecule has 0 aliphatic rings. The van der Waals surface area contributed by atoms with Crippen LogP contribution in [-0.2, 0) is 0 Å². The highest BCUT2D eigenvalue weighted by atomic mass is 79.9. The van der Waals surface area contributed by atoms with E-state index >= 15 is 0 Å². The van der Waals surface area contributed by atoms with Crippen molar-refractivity contribution in [3.8, 4) is 45.3 Å². The first kappa shape index (κ1) is 29.4. The Kier molecular flexibility index (Phi) is 13.2. The Morgan fingerprint density at radius 3 is 1.51 bits per heavy atom. The summed E-state index contributed by atoms with van der Waals surface area (Å²) < 4.78 is 17.5. The van der Waals surface area contributed by atoms with E-state index in [1.165, 1.54) is 38.5 Å². The molecule has 0 fully saturated rings. The molecular formula is C31H38Br2O4. The van der Waals surface area contributed by atoms with E-state index < -0.39 is 0 Å². The third kappa shape index (κ3) is 9.57. The number of methoxy groups -OCH3 is 1. The van der Waals surface area contributed by atoms with Crippen molar-refractivity contribution in [3.63, 3.8) is 0 Å². The highest BCUT2D eigenvalue weighted by molar-refractivity contribution is 9.09. The average Bonchev–Trinajstić information content (AvgIpc) is 2.93. The molecule has 3 aromatic carbocycles. The summed E-state index contributed by atoms with van der Waals surface area (Å²) in [5, 5.41) is 13.0. The molecular weight excluding hydrogens is 596 g/mol. The lowest BCUT2D eigenvalue weighted by Gasteiger charge is -2.14. The van der Waals surface area contributed by atoms with Gasteiger partial charge in [-0.3, -0.25) is 0 Å². The lowest BCUT2D eigenvalue weighted by molar-refractivity contribution is 0.305. The maximum Gasteiger partial charge on any atom is 0.127 e. The van der Waals surface area contributed by atoms with E-state index in [0.29, 0.717) is 5.75 Å². The van der Waals surface area contributed by atoms with Crippen molar-refractivity contribution in [1.29, 1.82) is 0 Å². The van der Waals surface area contributed by atoms with Crippen LogP contribution in [0.1, 0.15) is 51.4 Å². The summed E-state index contributed by atoms with van der Waals surface area (Å²) in [4.78, 5) is 0. The maximum atomic E-state index is 10.9. The van der Waals surface area contributed by atoms with Crippen LogP contribution >= 0.6 is 31.9 Å². The van der Waals surface area contributed by atoms with E-state index in [4.69, 9.17) is 14.2 Å². The number of phenols is 1. The smallest absolute Gasteiger partial charge is 0.127 e. The fourth-order valence-corrected chi connectivity index (χ4v) is 4.93. The van der Waals surface area contributed by atoms with Crippen LogP contribution < -0.4 is 14.2 Å². The lowest BCUT2D eigenvalue weighted by Crippen LogP contribution is -1.97. The topological polar surface area (TPSA) is 47.9 Å². The molecule has 0 spiro atoms. The number of hydrogen-bond donors (Lipinski definition) is 1. The SMILES string of the molecule is COc1cc(-c2ccc(OCCCCCCBr)cc2)c(O)cc1-c1ccc(OCCCCCCBr)cc1. The van der Waals surface area contributed by atoms with Gasteiger partial charge < -0.3 is 19.3 Å². The minimum absolute atomic E-state index is 0.208. The molecule has 0 bridgehead atoms. The number of phenolic OH excluding ortho intramolecular Hbond substituents is 1. The molecule has 0 amide bonds. The monoisotopic (exact) mass is 632 g/mol. The van der Waals surface area contributed by atoms with E-state index in [0.717, 1.165) is 70.5 Å². The number of alkyl halides is 2. The summed E-state index contributed by atoms with van der Waals surface area (Å²) in [7, 11) is 1.65. The Labute approximate surface area is 238 Å². The van der Waals surface area contributed by atoms with E-state index in [2.05, 4.69) is 31.9 Å².